The fraction of sp³-hybridized carbons (Fsp3) is 0.0833. The minimum Gasteiger partial charge on any atom is -0.437 e. The number of hydrogen-bond acceptors (Lipinski definition) is 3. The van der Waals surface area contributed by atoms with E-state index in [0.29, 0.717) is 23.7 Å². The van der Waals surface area contributed by atoms with Crippen LogP contribution in [0.2, 0.25) is 0 Å². The molecule has 1 aromatic heterocycles. The van der Waals surface area contributed by atoms with E-state index in [1.807, 2.05) is 55.5 Å². The Balaban J connectivity index is 1.64. The molecule has 1 aliphatic heterocycles. The molecule has 0 amide bonds. The van der Waals surface area contributed by atoms with Crippen LogP contribution in [-0.4, -0.2) is 16.0 Å². The number of nitrogens with zero attached hydrogens (tertiary/aromatic N) is 3. The first kappa shape index (κ1) is 17.4. The van der Waals surface area contributed by atoms with Crippen LogP contribution in [0.1, 0.15) is 22.3 Å². The second-order valence-electron chi connectivity index (χ2n) is 7.01. The molecule has 0 saturated carbocycles. The Morgan fingerprint density at radius 1 is 1.03 bits per heavy atom. The smallest absolute Gasteiger partial charge is 0.244 e. The molecule has 5 rings (SSSR count). The lowest BCUT2D eigenvalue weighted by atomic mass is 10.0. The van der Waals surface area contributed by atoms with Crippen molar-refractivity contribution in [3.8, 4) is 17.3 Å². The molecule has 0 radical (unpaired) electrons. The Hall–Kier alpha value is -3.73. The zero-order chi connectivity index (χ0) is 19.8. The molecule has 0 aliphatic carbocycles. The second-order valence-corrected chi connectivity index (χ2v) is 7.01. The molecule has 29 heavy (non-hydrogen) atoms. The van der Waals surface area contributed by atoms with E-state index in [1.54, 1.807) is 17.0 Å². The Morgan fingerprint density at radius 3 is 2.69 bits per heavy atom. The van der Waals surface area contributed by atoms with Crippen molar-refractivity contribution in [2.24, 2.45) is 4.99 Å². The molecule has 2 heterocycles. The van der Waals surface area contributed by atoms with Crippen molar-refractivity contribution >= 4 is 12.0 Å². The normalized spacial score (nSPS) is 12.5. The summed E-state index contributed by atoms with van der Waals surface area (Å²) in [4.78, 5) is 4.69. The van der Waals surface area contributed by atoms with Crippen molar-refractivity contribution < 1.29 is 9.13 Å². The molecule has 0 spiro atoms. The minimum absolute atomic E-state index is 0.291. The Bertz CT molecular complexity index is 1230. The highest BCUT2D eigenvalue weighted by Crippen LogP contribution is 2.42. The number of aryl methyl sites for hydroxylation is 1. The number of halogens is 1. The maximum absolute atomic E-state index is 13.6. The van der Waals surface area contributed by atoms with Crippen molar-refractivity contribution in [2.75, 3.05) is 0 Å². The average molecular weight is 383 g/mol. The van der Waals surface area contributed by atoms with Crippen molar-refractivity contribution in [3.05, 3.63) is 101 Å². The Kier molecular flexibility index (Phi) is 4.21. The number of benzene rings is 3. The lowest BCUT2D eigenvalue weighted by molar-refractivity contribution is 0.435. The van der Waals surface area contributed by atoms with Gasteiger partial charge in [-0.15, -0.1) is 5.10 Å². The second kappa shape index (κ2) is 7.02. The molecule has 3 aromatic carbocycles. The summed E-state index contributed by atoms with van der Waals surface area (Å²) in [6.07, 6.45) is 2.33. The molecule has 0 N–H and O–H groups in total. The third-order valence-corrected chi connectivity index (χ3v) is 4.96. The van der Waals surface area contributed by atoms with Crippen LogP contribution >= 0.6 is 0 Å². The number of hydrogen-bond donors (Lipinski definition) is 0. The molecule has 1 aliphatic rings. The van der Waals surface area contributed by atoms with Gasteiger partial charge in [0.05, 0.1) is 11.3 Å². The van der Waals surface area contributed by atoms with Gasteiger partial charge in [-0.2, -0.15) is 0 Å². The molecule has 4 aromatic rings. The lowest BCUT2D eigenvalue weighted by Crippen LogP contribution is -2.03. The van der Waals surface area contributed by atoms with Crippen molar-refractivity contribution in [3.63, 3.8) is 0 Å². The van der Waals surface area contributed by atoms with Gasteiger partial charge in [-0.3, -0.25) is 0 Å². The molecule has 142 valence electrons. The molecule has 0 atom stereocenters. The topological polar surface area (TPSA) is 39.4 Å². The van der Waals surface area contributed by atoms with Gasteiger partial charge in [-0.25, -0.2) is 14.1 Å². The summed E-state index contributed by atoms with van der Waals surface area (Å²) in [6.45, 7) is 2.03. The standard InChI is InChI=1S/C24H18FN3O/c1-16-7-5-9-18-14-21-23(26-15-17-8-6-10-19(25)13-17)28(20-11-3-2-4-12-20)27-24(21)29-22(16)18/h2-13,15H,14H2,1H3. The summed E-state index contributed by atoms with van der Waals surface area (Å²) in [7, 11) is 0. The zero-order valence-corrected chi connectivity index (χ0v) is 15.8. The summed E-state index contributed by atoms with van der Waals surface area (Å²) in [5.41, 5.74) is 4.67. The molecular formula is C24H18FN3O. The van der Waals surface area contributed by atoms with Gasteiger partial charge in [0.1, 0.15) is 11.6 Å². The fourth-order valence-electron chi connectivity index (χ4n) is 3.55. The molecule has 0 saturated heterocycles. The molecule has 0 fully saturated rings. The van der Waals surface area contributed by atoms with E-state index < -0.39 is 0 Å². The van der Waals surface area contributed by atoms with Crippen LogP contribution in [0, 0.1) is 12.7 Å². The van der Waals surface area contributed by atoms with E-state index in [0.717, 1.165) is 28.1 Å². The van der Waals surface area contributed by atoms with Gasteiger partial charge in [0.25, 0.3) is 0 Å². The third-order valence-electron chi connectivity index (χ3n) is 4.96. The fourth-order valence-corrected chi connectivity index (χ4v) is 3.55. The first-order valence-corrected chi connectivity index (χ1v) is 9.42. The van der Waals surface area contributed by atoms with Gasteiger partial charge in [0, 0.05) is 12.6 Å². The van der Waals surface area contributed by atoms with Gasteiger partial charge in [0.15, 0.2) is 5.82 Å². The van der Waals surface area contributed by atoms with E-state index in [4.69, 9.17) is 14.8 Å². The van der Waals surface area contributed by atoms with Crippen LogP contribution in [0.25, 0.3) is 5.69 Å². The molecule has 0 unspecified atom stereocenters. The monoisotopic (exact) mass is 383 g/mol. The van der Waals surface area contributed by atoms with Crippen LogP contribution in [0.5, 0.6) is 11.6 Å². The summed E-state index contributed by atoms with van der Waals surface area (Å²) in [5.74, 6) is 1.81. The molecule has 0 bridgehead atoms. The third kappa shape index (κ3) is 3.21. The number of rotatable bonds is 3. The van der Waals surface area contributed by atoms with Crippen LogP contribution in [-0.2, 0) is 6.42 Å². The number of ether oxygens (including phenoxy) is 1. The maximum Gasteiger partial charge on any atom is 0.244 e. The first-order valence-electron chi connectivity index (χ1n) is 9.42. The highest BCUT2D eigenvalue weighted by molar-refractivity contribution is 5.82. The molecule has 4 nitrogen and oxygen atoms in total. The van der Waals surface area contributed by atoms with E-state index >= 15 is 0 Å². The predicted molar refractivity (Wildman–Crippen MR) is 111 cm³/mol. The predicted octanol–water partition coefficient (Wildman–Crippen LogP) is 5.77. The largest absolute Gasteiger partial charge is 0.437 e. The number of fused-ring (bicyclic) bond motifs is 2. The van der Waals surface area contributed by atoms with Crippen molar-refractivity contribution in [1.82, 2.24) is 9.78 Å². The lowest BCUT2D eigenvalue weighted by Gasteiger charge is -2.17. The minimum atomic E-state index is -0.291. The Morgan fingerprint density at radius 2 is 1.86 bits per heavy atom. The van der Waals surface area contributed by atoms with Gasteiger partial charge in [0.2, 0.25) is 5.88 Å². The Labute approximate surface area is 167 Å². The number of aliphatic imine (C=N–C) groups is 1. The summed E-state index contributed by atoms with van der Waals surface area (Å²) in [5, 5.41) is 4.70. The number of aromatic nitrogens is 2. The maximum atomic E-state index is 13.6. The van der Waals surface area contributed by atoms with Crippen LogP contribution in [0.3, 0.4) is 0 Å². The van der Waals surface area contributed by atoms with E-state index in [1.165, 1.54) is 12.1 Å². The average Bonchev–Trinajstić information content (AvgIpc) is 3.09. The molecular weight excluding hydrogens is 365 g/mol. The van der Waals surface area contributed by atoms with Crippen LogP contribution in [0.15, 0.2) is 77.8 Å². The SMILES string of the molecule is Cc1cccc2c1Oc1nn(-c3ccccc3)c(N=Cc3cccc(F)c3)c1C2. The number of para-hydroxylation sites is 2. The molecule has 5 heteroatoms. The van der Waals surface area contributed by atoms with E-state index in [9.17, 15) is 4.39 Å². The van der Waals surface area contributed by atoms with Crippen molar-refractivity contribution in [1.29, 1.82) is 0 Å². The van der Waals surface area contributed by atoms with Gasteiger partial charge >= 0.3 is 0 Å². The highest BCUT2D eigenvalue weighted by atomic mass is 19.1. The van der Waals surface area contributed by atoms with E-state index in [2.05, 4.69) is 6.07 Å². The van der Waals surface area contributed by atoms with Gasteiger partial charge in [-0.1, -0.05) is 48.5 Å². The zero-order valence-electron chi connectivity index (χ0n) is 15.8. The van der Waals surface area contributed by atoms with Gasteiger partial charge in [-0.05, 0) is 47.9 Å². The van der Waals surface area contributed by atoms with E-state index in [-0.39, 0.29) is 5.82 Å². The summed E-state index contributed by atoms with van der Waals surface area (Å²) in [6, 6.07) is 22.3. The van der Waals surface area contributed by atoms with Crippen molar-refractivity contribution in [2.45, 2.75) is 13.3 Å². The van der Waals surface area contributed by atoms with Crippen LogP contribution < -0.4 is 4.74 Å². The highest BCUT2D eigenvalue weighted by Gasteiger charge is 2.27. The van der Waals surface area contributed by atoms with Crippen LogP contribution in [0.4, 0.5) is 10.2 Å². The summed E-state index contributed by atoms with van der Waals surface area (Å²) >= 11 is 0. The summed E-state index contributed by atoms with van der Waals surface area (Å²) < 4.78 is 21.5. The van der Waals surface area contributed by atoms with Gasteiger partial charge < -0.3 is 4.74 Å². The quantitative estimate of drug-likeness (QED) is 0.371. The first-order chi connectivity index (χ1) is 14.2.